The van der Waals surface area contributed by atoms with Crippen molar-refractivity contribution in [1.82, 2.24) is 5.32 Å². The van der Waals surface area contributed by atoms with Gasteiger partial charge < -0.3 is 15.6 Å². The Balaban J connectivity index is 2.70. The smallest absolute Gasteiger partial charge is 0.360 e. The molecule has 1 atom stereocenters. The van der Waals surface area contributed by atoms with Crippen molar-refractivity contribution in [3.8, 4) is 0 Å². The summed E-state index contributed by atoms with van der Waals surface area (Å²) in [5, 5.41) is 2.45. The van der Waals surface area contributed by atoms with Gasteiger partial charge in [0.1, 0.15) is 12.6 Å². The summed E-state index contributed by atoms with van der Waals surface area (Å²) < 4.78 is 4.79. The summed E-state index contributed by atoms with van der Waals surface area (Å²) in [6, 6.07) is 0. The summed E-state index contributed by atoms with van der Waals surface area (Å²) in [7, 11) is 1.48. The molecule has 1 N–H and O–H groups in total. The summed E-state index contributed by atoms with van der Waals surface area (Å²) in [6.07, 6.45) is -0.00958. The number of amides is 1. The fourth-order valence-electron chi connectivity index (χ4n) is 0.777. The zero-order valence-corrected chi connectivity index (χ0v) is 5.50. The fourth-order valence-corrected chi connectivity index (χ4v) is 0.777. The van der Waals surface area contributed by atoms with Crippen LogP contribution < -0.4 is 5.32 Å². The monoisotopic (exact) mass is 141 g/mol. The number of nitrogens with one attached hydrogen (secondary N) is 1. The molecule has 0 aromatic heterocycles. The van der Waals surface area contributed by atoms with Gasteiger partial charge in [0.2, 0.25) is 0 Å². The van der Waals surface area contributed by atoms with Gasteiger partial charge in [-0.05, 0) is 0 Å². The molecular weight excluding hydrogens is 134 g/mol. The lowest BCUT2D eigenvalue weighted by molar-refractivity contribution is -0.119. The Kier molecular flexibility index (Phi) is 1.80. The van der Waals surface area contributed by atoms with Crippen molar-refractivity contribution in [2.45, 2.75) is 12.6 Å². The van der Waals surface area contributed by atoms with Crippen LogP contribution in [0.15, 0.2) is 0 Å². The van der Waals surface area contributed by atoms with E-state index in [2.05, 4.69) is 10.1 Å². The van der Waals surface area contributed by atoms with Gasteiger partial charge in [0.15, 0.2) is 0 Å². The summed E-state index contributed by atoms with van der Waals surface area (Å²) in [4.78, 5) is 13.5. The van der Waals surface area contributed by atoms with Gasteiger partial charge in [-0.1, -0.05) is 0 Å². The van der Waals surface area contributed by atoms with Gasteiger partial charge in [-0.25, -0.2) is 0 Å². The van der Waals surface area contributed by atoms with E-state index in [9.17, 15) is 4.79 Å². The quantitative estimate of drug-likeness (QED) is 0.381. The van der Waals surface area contributed by atoms with Crippen LogP contribution in [0.1, 0.15) is 6.42 Å². The van der Waals surface area contributed by atoms with Crippen molar-refractivity contribution < 1.29 is 14.3 Å². The lowest BCUT2D eigenvalue weighted by Crippen LogP contribution is -2.27. The summed E-state index contributed by atoms with van der Waals surface area (Å²) in [5.41, 5.74) is 8.34. The van der Waals surface area contributed by atoms with E-state index in [4.69, 9.17) is 10.3 Å². The highest BCUT2D eigenvalue weighted by Crippen LogP contribution is 2.02. The number of carbonyl (C=O) groups is 1. The first-order valence-electron chi connectivity index (χ1n) is 2.82. The van der Waals surface area contributed by atoms with Gasteiger partial charge in [0, 0.05) is 7.11 Å². The molecule has 0 aromatic carbocycles. The highest BCUT2D eigenvalue weighted by atomic mass is 16.5. The summed E-state index contributed by atoms with van der Waals surface area (Å²) >= 11 is 0. The molecule has 1 aliphatic heterocycles. The number of carbonyl (C=O) groups excluding carboxylic acids is 1. The maximum Gasteiger partial charge on any atom is 0.360 e. The molecule has 1 unspecified atom stereocenters. The summed E-state index contributed by atoms with van der Waals surface area (Å²) in [5.74, 6) is -0.366. The molecule has 5 heteroatoms. The van der Waals surface area contributed by atoms with Crippen molar-refractivity contribution >= 4 is 11.6 Å². The Morgan fingerprint density at radius 1 is 1.90 bits per heavy atom. The first kappa shape index (κ1) is 6.92. The van der Waals surface area contributed by atoms with Crippen LogP contribution in [0.5, 0.6) is 0 Å². The van der Waals surface area contributed by atoms with Crippen molar-refractivity contribution in [2.24, 2.45) is 0 Å². The lowest BCUT2D eigenvalue weighted by Gasteiger charge is -2.02. The molecule has 1 amide bonds. The number of methoxy groups -OCH3 is 1. The average molecular weight is 141 g/mol. The van der Waals surface area contributed by atoms with Gasteiger partial charge in [-0.2, -0.15) is 4.79 Å². The molecule has 5 nitrogen and oxygen atoms in total. The van der Waals surface area contributed by atoms with E-state index in [1.165, 1.54) is 7.11 Å². The molecule has 0 spiro atoms. The molecule has 0 radical (unpaired) electrons. The lowest BCUT2D eigenvalue weighted by atomic mass is 10.3. The fraction of sp³-hybridized carbons (Fsp3) is 0.600. The summed E-state index contributed by atoms with van der Waals surface area (Å²) in [6.45, 7) is 0. The van der Waals surface area contributed by atoms with E-state index < -0.39 is 0 Å². The third kappa shape index (κ3) is 1.05. The van der Waals surface area contributed by atoms with Crippen LogP contribution >= 0.6 is 0 Å². The molecule has 1 saturated heterocycles. The highest BCUT2D eigenvalue weighted by molar-refractivity contribution is 6.38. The average Bonchev–Trinajstić information content (AvgIpc) is 2.30. The van der Waals surface area contributed by atoms with E-state index in [1.807, 2.05) is 0 Å². The Morgan fingerprint density at radius 3 is 2.90 bits per heavy atom. The predicted octanol–water partition coefficient (Wildman–Crippen LogP) is -0.850. The Bertz CT molecular complexity index is 207. The van der Waals surface area contributed by atoms with E-state index in [1.54, 1.807) is 0 Å². The van der Waals surface area contributed by atoms with Crippen LogP contribution in [0.4, 0.5) is 0 Å². The molecule has 1 rings (SSSR count). The zero-order valence-electron chi connectivity index (χ0n) is 5.50. The van der Waals surface area contributed by atoms with Crippen molar-refractivity contribution in [3.05, 3.63) is 5.53 Å². The molecule has 10 heavy (non-hydrogen) atoms. The normalized spacial score (nSPS) is 24.3. The third-order valence-corrected chi connectivity index (χ3v) is 1.34. The van der Waals surface area contributed by atoms with Crippen LogP contribution in [0.25, 0.3) is 5.53 Å². The number of rotatable bonds is 1. The number of nitrogens with zero attached hydrogens (tertiary/aromatic N) is 2. The van der Waals surface area contributed by atoms with E-state index in [-0.39, 0.29) is 17.8 Å². The Hall–Kier alpha value is -1.19. The maximum absolute atomic E-state index is 10.7. The van der Waals surface area contributed by atoms with Crippen molar-refractivity contribution in [3.63, 3.8) is 0 Å². The molecule has 54 valence electrons. The molecule has 0 bridgehead atoms. The minimum absolute atomic E-state index is 0.117. The number of ether oxygens (including phenoxy) is 1. The minimum Gasteiger partial charge on any atom is -0.361 e. The zero-order chi connectivity index (χ0) is 7.56. The standard InChI is InChI=1S/C5H7N3O2/c1-10-4-2-3(8-6)5(9)7-4/h4H,2H2,1H3,(H,7,9). The van der Waals surface area contributed by atoms with Crippen LogP contribution in [0.2, 0.25) is 0 Å². The minimum atomic E-state index is -0.366. The molecule has 1 aliphatic rings. The molecular formula is C5H7N3O2. The van der Waals surface area contributed by atoms with Crippen molar-refractivity contribution in [1.29, 1.82) is 0 Å². The maximum atomic E-state index is 10.7. The SMILES string of the molecule is COC1CC(=[N+]=[N-])C(=O)N1. The second-order valence-corrected chi connectivity index (χ2v) is 1.95. The van der Waals surface area contributed by atoms with E-state index >= 15 is 0 Å². The number of hydrogen-bond donors (Lipinski definition) is 1. The van der Waals surface area contributed by atoms with Gasteiger partial charge >= 0.3 is 11.6 Å². The first-order chi connectivity index (χ1) is 4.77. The van der Waals surface area contributed by atoms with Crippen LogP contribution in [0, 0.1) is 0 Å². The first-order valence-corrected chi connectivity index (χ1v) is 2.82. The largest absolute Gasteiger partial charge is 0.361 e. The highest BCUT2D eigenvalue weighted by Gasteiger charge is 2.34. The van der Waals surface area contributed by atoms with Gasteiger partial charge in [0.05, 0.1) is 0 Å². The van der Waals surface area contributed by atoms with Crippen molar-refractivity contribution in [2.75, 3.05) is 7.11 Å². The second-order valence-electron chi connectivity index (χ2n) is 1.95. The molecule has 0 aromatic rings. The Morgan fingerprint density at radius 2 is 2.60 bits per heavy atom. The van der Waals surface area contributed by atoms with Crippen LogP contribution in [-0.4, -0.2) is 29.7 Å². The van der Waals surface area contributed by atoms with Gasteiger partial charge in [-0.15, -0.1) is 0 Å². The van der Waals surface area contributed by atoms with E-state index in [0.717, 1.165) is 0 Å². The van der Waals surface area contributed by atoms with E-state index in [0.29, 0.717) is 6.42 Å². The predicted molar refractivity (Wildman–Crippen MR) is 32.2 cm³/mol. The molecule has 0 aliphatic carbocycles. The van der Waals surface area contributed by atoms with Gasteiger partial charge in [-0.3, -0.25) is 4.79 Å². The Labute approximate surface area is 57.6 Å². The van der Waals surface area contributed by atoms with Crippen LogP contribution in [-0.2, 0) is 9.53 Å². The molecule has 0 saturated carbocycles. The second kappa shape index (κ2) is 2.60. The topological polar surface area (TPSA) is 74.7 Å². The molecule has 1 fully saturated rings. The number of hydrogen-bond acceptors (Lipinski definition) is 2. The van der Waals surface area contributed by atoms with Gasteiger partial charge in [0.25, 0.3) is 0 Å². The third-order valence-electron chi connectivity index (χ3n) is 1.34. The molecule has 1 heterocycles. The van der Waals surface area contributed by atoms with Crippen LogP contribution in [0.3, 0.4) is 0 Å².